The number of nitrogens with one attached hydrogen (secondary N) is 2. The second-order valence-corrected chi connectivity index (χ2v) is 4.82. The second kappa shape index (κ2) is 7.91. The maximum Gasteiger partial charge on any atom is 0.252 e. The number of halogens is 1. The van der Waals surface area contributed by atoms with Crippen LogP contribution in [0.3, 0.4) is 0 Å². The Hall–Kier alpha value is -1.53. The zero-order chi connectivity index (χ0) is 14.2. The van der Waals surface area contributed by atoms with Crippen LogP contribution in [0.1, 0.15) is 29.6 Å². The second-order valence-electron chi connectivity index (χ2n) is 4.82. The molecule has 110 valence electrons. The van der Waals surface area contributed by atoms with Gasteiger partial charge in [-0.2, -0.15) is 0 Å². The molecule has 0 aliphatic carbocycles. The highest BCUT2D eigenvalue weighted by Crippen LogP contribution is 2.07. The normalized spacial score (nSPS) is 16.1. The summed E-state index contributed by atoms with van der Waals surface area (Å²) in [6.07, 6.45) is 5.59. The fourth-order valence-corrected chi connectivity index (χ4v) is 2.12. The lowest BCUT2D eigenvalue weighted by Gasteiger charge is -2.22. The summed E-state index contributed by atoms with van der Waals surface area (Å²) in [4.78, 5) is 15.3. The van der Waals surface area contributed by atoms with Crippen molar-refractivity contribution < 1.29 is 13.9 Å². The molecule has 6 heteroatoms. The van der Waals surface area contributed by atoms with Crippen LogP contribution in [0, 0.1) is 5.82 Å². The molecule has 20 heavy (non-hydrogen) atoms. The lowest BCUT2D eigenvalue weighted by atomic mass is 10.1. The van der Waals surface area contributed by atoms with Crippen LogP contribution in [0.25, 0.3) is 0 Å². The third kappa shape index (κ3) is 4.86. The van der Waals surface area contributed by atoms with Crippen molar-refractivity contribution in [3.8, 4) is 0 Å². The molecule has 0 saturated carbocycles. The highest BCUT2D eigenvalue weighted by atomic mass is 19.1. The number of aromatic nitrogens is 1. The molecule has 0 bridgehead atoms. The van der Waals surface area contributed by atoms with Gasteiger partial charge in [-0.05, 0) is 38.4 Å². The molecule has 1 aliphatic rings. The lowest BCUT2D eigenvalue weighted by molar-refractivity contribution is 0.0318. The lowest BCUT2D eigenvalue weighted by Crippen LogP contribution is -2.33. The number of hydrogen-bond acceptors (Lipinski definition) is 4. The van der Waals surface area contributed by atoms with E-state index in [1.807, 2.05) is 0 Å². The Morgan fingerprint density at radius 2 is 2.25 bits per heavy atom. The summed E-state index contributed by atoms with van der Waals surface area (Å²) in [7, 11) is 0. The van der Waals surface area contributed by atoms with E-state index in [2.05, 4.69) is 15.6 Å². The van der Waals surface area contributed by atoms with E-state index in [0.717, 1.165) is 38.5 Å². The van der Waals surface area contributed by atoms with E-state index in [4.69, 9.17) is 4.74 Å². The molecular formula is C14H20FN3O2. The molecule has 0 unspecified atom stereocenters. The highest BCUT2D eigenvalue weighted by molar-refractivity contribution is 5.93. The molecule has 1 aliphatic heterocycles. The van der Waals surface area contributed by atoms with E-state index in [1.54, 1.807) is 0 Å². The minimum absolute atomic E-state index is 0.240. The Bertz CT molecular complexity index is 436. The largest absolute Gasteiger partial charge is 0.378 e. The maximum atomic E-state index is 12.9. The van der Waals surface area contributed by atoms with Crippen molar-refractivity contribution in [3.05, 3.63) is 29.8 Å². The van der Waals surface area contributed by atoms with E-state index in [9.17, 15) is 9.18 Å². The number of piperidine rings is 1. The van der Waals surface area contributed by atoms with E-state index in [1.165, 1.54) is 12.3 Å². The average molecular weight is 281 g/mol. The molecule has 0 aromatic carbocycles. The van der Waals surface area contributed by atoms with Gasteiger partial charge in [0.05, 0.1) is 17.9 Å². The molecule has 1 amide bonds. The van der Waals surface area contributed by atoms with Gasteiger partial charge in [-0.15, -0.1) is 0 Å². The predicted molar refractivity (Wildman–Crippen MR) is 73.0 cm³/mol. The number of carbonyl (C=O) groups excluding carboxylic acids is 1. The van der Waals surface area contributed by atoms with Crippen LogP contribution in [-0.4, -0.2) is 43.2 Å². The first-order valence-electron chi connectivity index (χ1n) is 6.97. The van der Waals surface area contributed by atoms with Gasteiger partial charge in [0.15, 0.2) is 0 Å². The molecule has 0 radical (unpaired) electrons. The maximum absolute atomic E-state index is 12.9. The van der Waals surface area contributed by atoms with Crippen LogP contribution >= 0.6 is 0 Å². The highest BCUT2D eigenvalue weighted by Gasteiger charge is 2.12. The Labute approximate surface area is 117 Å². The molecule has 2 rings (SSSR count). The van der Waals surface area contributed by atoms with Crippen LogP contribution in [0.15, 0.2) is 18.5 Å². The van der Waals surface area contributed by atoms with Crippen molar-refractivity contribution in [3.63, 3.8) is 0 Å². The molecule has 0 spiro atoms. The fourth-order valence-electron chi connectivity index (χ4n) is 2.12. The number of nitrogens with zero attached hydrogens (tertiary/aromatic N) is 1. The average Bonchev–Trinajstić information content (AvgIpc) is 2.48. The molecule has 2 heterocycles. The summed E-state index contributed by atoms with van der Waals surface area (Å²) >= 11 is 0. The van der Waals surface area contributed by atoms with Gasteiger partial charge >= 0.3 is 0 Å². The number of ether oxygens (including phenoxy) is 1. The molecular weight excluding hydrogens is 261 g/mol. The molecule has 1 fully saturated rings. The number of pyridine rings is 1. The van der Waals surface area contributed by atoms with Gasteiger partial charge in [-0.1, -0.05) is 0 Å². The summed E-state index contributed by atoms with van der Waals surface area (Å²) in [5.41, 5.74) is 0.240. The number of hydrogen-bond donors (Lipinski definition) is 2. The van der Waals surface area contributed by atoms with E-state index in [-0.39, 0.29) is 11.5 Å². The van der Waals surface area contributed by atoms with Crippen molar-refractivity contribution in [2.24, 2.45) is 0 Å². The van der Waals surface area contributed by atoms with Crippen molar-refractivity contribution in [1.29, 1.82) is 0 Å². The minimum Gasteiger partial charge on any atom is -0.378 e. The van der Waals surface area contributed by atoms with Gasteiger partial charge in [0, 0.05) is 19.3 Å². The van der Waals surface area contributed by atoms with Crippen molar-refractivity contribution in [2.75, 3.05) is 26.2 Å². The number of amides is 1. The smallest absolute Gasteiger partial charge is 0.252 e. The van der Waals surface area contributed by atoms with Crippen molar-refractivity contribution >= 4 is 5.91 Å². The molecule has 5 nitrogen and oxygen atoms in total. The van der Waals surface area contributed by atoms with E-state index >= 15 is 0 Å². The molecule has 1 aromatic rings. The van der Waals surface area contributed by atoms with Crippen molar-refractivity contribution in [2.45, 2.75) is 25.4 Å². The van der Waals surface area contributed by atoms with Gasteiger partial charge in [-0.3, -0.25) is 9.78 Å². The molecule has 0 atom stereocenters. The van der Waals surface area contributed by atoms with Crippen LogP contribution in [0.4, 0.5) is 4.39 Å². The van der Waals surface area contributed by atoms with Crippen LogP contribution in [0.5, 0.6) is 0 Å². The summed E-state index contributed by atoms with van der Waals surface area (Å²) in [5, 5.41) is 6.01. The monoisotopic (exact) mass is 281 g/mol. The Morgan fingerprint density at radius 3 is 3.00 bits per heavy atom. The standard InChI is InChI=1S/C14H20FN3O2/c15-12-8-11(9-17-10-12)14(19)18-4-1-7-20-13-2-5-16-6-3-13/h8-10,13,16H,1-7H2,(H,18,19). The SMILES string of the molecule is O=C(NCCCOC1CCNCC1)c1cncc(F)c1. The fraction of sp³-hybridized carbons (Fsp3) is 0.571. The number of carbonyl (C=O) groups is 1. The zero-order valence-electron chi connectivity index (χ0n) is 11.4. The van der Waals surface area contributed by atoms with Crippen LogP contribution < -0.4 is 10.6 Å². The van der Waals surface area contributed by atoms with Crippen molar-refractivity contribution in [1.82, 2.24) is 15.6 Å². The Balaban J connectivity index is 1.59. The first-order chi connectivity index (χ1) is 9.75. The van der Waals surface area contributed by atoms with Gasteiger partial charge in [0.1, 0.15) is 5.82 Å². The van der Waals surface area contributed by atoms with E-state index < -0.39 is 5.82 Å². The first-order valence-corrected chi connectivity index (χ1v) is 6.97. The summed E-state index contributed by atoms with van der Waals surface area (Å²) in [6.45, 7) is 3.16. The Morgan fingerprint density at radius 1 is 1.45 bits per heavy atom. The number of rotatable bonds is 6. The molecule has 1 saturated heterocycles. The molecule has 1 aromatic heterocycles. The summed E-state index contributed by atoms with van der Waals surface area (Å²) in [5.74, 6) is -0.814. The quantitative estimate of drug-likeness (QED) is 0.767. The Kier molecular flexibility index (Phi) is 5.88. The van der Waals surface area contributed by atoms with Gasteiger partial charge < -0.3 is 15.4 Å². The topological polar surface area (TPSA) is 63.2 Å². The summed E-state index contributed by atoms with van der Waals surface area (Å²) in [6, 6.07) is 1.17. The van der Waals surface area contributed by atoms with Crippen LogP contribution in [0.2, 0.25) is 0 Å². The van der Waals surface area contributed by atoms with Gasteiger partial charge in [-0.25, -0.2) is 4.39 Å². The van der Waals surface area contributed by atoms with E-state index in [0.29, 0.717) is 19.3 Å². The van der Waals surface area contributed by atoms with Gasteiger partial charge in [0.2, 0.25) is 0 Å². The summed E-state index contributed by atoms with van der Waals surface area (Å²) < 4.78 is 18.6. The third-order valence-corrected chi connectivity index (χ3v) is 3.21. The predicted octanol–water partition coefficient (Wildman–Crippen LogP) is 1.11. The van der Waals surface area contributed by atoms with Crippen LogP contribution in [-0.2, 0) is 4.74 Å². The first kappa shape index (κ1) is 14.9. The van der Waals surface area contributed by atoms with Gasteiger partial charge in [0.25, 0.3) is 5.91 Å². The third-order valence-electron chi connectivity index (χ3n) is 3.21. The minimum atomic E-state index is -0.508. The zero-order valence-corrected chi connectivity index (χ0v) is 11.4. The molecule has 2 N–H and O–H groups in total.